The highest BCUT2D eigenvalue weighted by molar-refractivity contribution is 7.80. The van der Waals surface area contributed by atoms with E-state index in [0.29, 0.717) is 16.6 Å². The molecule has 0 unspecified atom stereocenters. The van der Waals surface area contributed by atoms with Gasteiger partial charge in [0.05, 0.1) is 14.2 Å². The summed E-state index contributed by atoms with van der Waals surface area (Å²) in [5.41, 5.74) is 1.66. The van der Waals surface area contributed by atoms with Gasteiger partial charge in [-0.15, -0.1) is 0 Å². The number of thiocarbonyl (C=S) groups is 1. The minimum Gasteiger partial charge on any atom is -0.493 e. The van der Waals surface area contributed by atoms with Crippen LogP contribution in [0.4, 0.5) is 11.4 Å². The van der Waals surface area contributed by atoms with Crippen molar-refractivity contribution in [2.24, 2.45) is 0 Å². The van der Waals surface area contributed by atoms with Crippen molar-refractivity contribution in [3.63, 3.8) is 0 Å². The van der Waals surface area contributed by atoms with Crippen molar-refractivity contribution in [3.05, 3.63) is 72.8 Å². The summed E-state index contributed by atoms with van der Waals surface area (Å²) in [7, 11) is 3.19. The van der Waals surface area contributed by atoms with Crippen LogP contribution in [0.1, 0.15) is 0 Å². The summed E-state index contributed by atoms with van der Waals surface area (Å²) < 4.78 is 16.3. The fraction of sp³-hybridized carbons (Fsp3) is 0.0952. The Morgan fingerprint density at radius 2 is 1.30 bits per heavy atom. The van der Waals surface area contributed by atoms with Crippen LogP contribution in [0, 0.1) is 0 Å². The molecule has 0 bridgehead atoms. The van der Waals surface area contributed by atoms with E-state index in [1.54, 1.807) is 14.2 Å². The van der Waals surface area contributed by atoms with E-state index in [0.717, 1.165) is 22.9 Å². The van der Waals surface area contributed by atoms with Gasteiger partial charge >= 0.3 is 0 Å². The van der Waals surface area contributed by atoms with Crippen molar-refractivity contribution >= 4 is 28.7 Å². The number of nitrogens with one attached hydrogen (secondary N) is 2. The van der Waals surface area contributed by atoms with Gasteiger partial charge in [-0.1, -0.05) is 18.2 Å². The average Bonchev–Trinajstić information content (AvgIpc) is 2.70. The molecule has 5 nitrogen and oxygen atoms in total. The number of hydrogen-bond donors (Lipinski definition) is 2. The molecule has 0 atom stereocenters. The minimum atomic E-state index is 0.471. The van der Waals surface area contributed by atoms with E-state index >= 15 is 0 Å². The van der Waals surface area contributed by atoms with Crippen LogP contribution in [0.3, 0.4) is 0 Å². The molecule has 0 heterocycles. The number of methoxy groups -OCH3 is 2. The quantitative estimate of drug-likeness (QED) is 0.566. The van der Waals surface area contributed by atoms with E-state index in [-0.39, 0.29) is 0 Å². The first-order valence-corrected chi connectivity index (χ1v) is 8.72. The molecule has 138 valence electrons. The van der Waals surface area contributed by atoms with Crippen LogP contribution >= 0.6 is 12.2 Å². The van der Waals surface area contributed by atoms with Gasteiger partial charge in [0.1, 0.15) is 11.5 Å². The highest BCUT2D eigenvalue weighted by Gasteiger charge is 2.06. The molecule has 0 aliphatic rings. The van der Waals surface area contributed by atoms with Crippen molar-refractivity contribution in [2.75, 3.05) is 24.9 Å². The van der Waals surface area contributed by atoms with Crippen LogP contribution in [-0.2, 0) is 0 Å². The Balaban J connectivity index is 1.59. The second-order valence-corrected chi connectivity index (χ2v) is 6.00. The zero-order chi connectivity index (χ0) is 19.1. The van der Waals surface area contributed by atoms with E-state index in [1.165, 1.54) is 0 Å². The monoisotopic (exact) mass is 380 g/mol. The first-order chi connectivity index (χ1) is 13.2. The largest absolute Gasteiger partial charge is 0.493 e. The Labute approximate surface area is 163 Å². The van der Waals surface area contributed by atoms with Crippen LogP contribution in [0.5, 0.6) is 23.0 Å². The number of anilines is 2. The topological polar surface area (TPSA) is 51.8 Å². The molecule has 0 fully saturated rings. The summed E-state index contributed by atoms with van der Waals surface area (Å²) in [5.74, 6) is 2.85. The van der Waals surface area contributed by atoms with Gasteiger partial charge in [-0.05, 0) is 60.7 Å². The van der Waals surface area contributed by atoms with E-state index in [2.05, 4.69) is 10.6 Å². The normalized spacial score (nSPS) is 10.0. The molecule has 0 saturated carbocycles. The zero-order valence-electron chi connectivity index (χ0n) is 15.1. The molecule has 0 amide bonds. The van der Waals surface area contributed by atoms with E-state index < -0.39 is 0 Å². The van der Waals surface area contributed by atoms with Gasteiger partial charge in [-0.2, -0.15) is 0 Å². The summed E-state index contributed by atoms with van der Waals surface area (Å²) in [6.07, 6.45) is 0. The van der Waals surface area contributed by atoms with Gasteiger partial charge in [-0.25, -0.2) is 0 Å². The maximum Gasteiger partial charge on any atom is 0.175 e. The molecule has 6 heteroatoms. The molecular formula is C21H20N2O3S. The van der Waals surface area contributed by atoms with Gasteiger partial charge in [-0.3, -0.25) is 0 Å². The van der Waals surface area contributed by atoms with E-state index in [1.807, 2.05) is 72.8 Å². The fourth-order valence-corrected chi connectivity index (χ4v) is 2.67. The summed E-state index contributed by atoms with van der Waals surface area (Å²) >= 11 is 5.37. The van der Waals surface area contributed by atoms with Crippen molar-refractivity contribution in [3.8, 4) is 23.0 Å². The lowest BCUT2D eigenvalue weighted by molar-refractivity contribution is 0.355. The lowest BCUT2D eigenvalue weighted by Gasteiger charge is -2.13. The molecule has 3 aromatic carbocycles. The summed E-state index contributed by atoms with van der Waals surface area (Å²) in [6.45, 7) is 0. The highest BCUT2D eigenvalue weighted by atomic mass is 32.1. The standard InChI is InChI=1S/C21H20N2O3S/c1-24-19-13-10-16(14-20(19)25-2)23-21(27)22-15-8-11-18(12-9-15)26-17-6-4-3-5-7-17/h3-14H,1-2H3,(H2,22,23,27). The third kappa shape index (κ3) is 5.12. The molecule has 0 aromatic heterocycles. The van der Waals surface area contributed by atoms with Gasteiger partial charge in [0.2, 0.25) is 0 Å². The molecule has 0 spiro atoms. The first-order valence-electron chi connectivity index (χ1n) is 8.31. The summed E-state index contributed by atoms with van der Waals surface area (Å²) in [6, 6.07) is 22.7. The molecule has 2 N–H and O–H groups in total. The SMILES string of the molecule is COc1ccc(NC(=S)Nc2ccc(Oc3ccccc3)cc2)cc1OC. The lowest BCUT2D eigenvalue weighted by Crippen LogP contribution is -2.19. The number of rotatable bonds is 6. The fourth-order valence-electron chi connectivity index (χ4n) is 2.44. The Bertz CT molecular complexity index is 899. The third-order valence-corrected chi connectivity index (χ3v) is 3.94. The Morgan fingerprint density at radius 1 is 0.704 bits per heavy atom. The molecule has 0 saturated heterocycles. The molecule has 0 aliphatic heterocycles. The Morgan fingerprint density at radius 3 is 1.96 bits per heavy atom. The zero-order valence-corrected chi connectivity index (χ0v) is 15.9. The predicted molar refractivity (Wildman–Crippen MR) is 112 cm³/mol. The van der Waals surface area contributed by atoms with E-state index in [4.69, 9.17) is 26.4 Å². The molecule has 0 aliphatic carbocycles. The van der Waals surface area contributed by atoms with Crippen LogP contribution in [0.2, 0.25) is 0 Å². The number of para-hydroxylation sites is 1. The third-order valence-electron chi connectivity index (χ3n) is 3.73. The van der Waals surface area contributed by atoms with Crippen LogP contribution in [0.25, 0.3) is 0 Å². The maximum absolute atomic E-state index is 5.78. The average molecular weight is 380 g/mol. The van der Waals surface area contributed by atoms with E-state index in [9.17, 15) is 0 Å². The second kappa shape index (κ2) is 8.91. The van der Waals surface area contributed by atoms with Crippen LogP contribution in [-0.4, -0.2) is 19.3 Å². The lowest BCUT2D eigenvalue weighted by atomic mass is 10.2. The van der Waals surface area contributed by atoms with Crippen molar-refractivity contribution in [1.29, 1.82) is 0 Å². The highest BCUT2D eigenvalue weighted by Crippen LogP contribution is 2.30. The van der Waals surface area contributed by atoms with Gasteiger partial charge in [0.25, 0.3) is 0 Å². The maximum atomic E-state index is 5.78. The molecule has 27 heavy (non-hydrogen) atoms. The first kappa shape index (κ1) is 18.5. The van der Waals surface area contributed by atoms with Crippen LogP contribution in [0.15, 0.2) is 72.8 Å². The second-order valence-electron chi connectivity index (χ2n) is 5.59. The predicted octanol–water partition coefficient (Wildman–Crippen LogP) is 5.31. The van der Waals surface area contributed by atoms with Crippen molar-refractivity contribution in [1.82, 2.24) is 0 Å². The van der Waals surface area contributed by atoms with Gasteiger partial charge in [0.15, 0.2) is 16.6 Å². The molecule has 3 rings (SSSR count). The molecular weight excluding hydrogens is 360 g/mol. The molecule has 0 radical (unpaired) electrons. The number of hydrogen-bond acceptors (Lipinski definition) is 4. The Kier molecular flexibility index (Phi) is 6.12. The number of ether oxygens (including phenoxy) is 3. The van der Waals surface area contributed by atoms with Crippen LogP contribution < -0.4 is 24.8 Å². The molecule has 3 aromatic rings. The minimum absolute atomic E-state index is 0.471. The van der Waals surface area contributed by atoms with Crippen molar-refractivity contribution < 1.29 is 14.2 Å². The van der Waals surface area contributed by atoms with Gasteiger partial charge in [0, 0.05) is 17.4 Å². The number of benzene rings is 3. The van der Waals surface area contributed by atoms with Gasteiger partial charge < -0.3 is 24.8 Å². The van der Waals surface area contributed by atoms with Crippen molar-refractivity contribution in [2.45, 2.75) is 0 Å². The Hall–Kier alpha value is -3.25. The summed E-state index contributed by atoms with van der Waals surface area (Å²) in [4.78, 5) is 0. The smallest absolute Gasteiger partial charge is 0.175 e. The summed E-state index contributed by atoms with van der Waals surface area (Å²) in [5, 5.41) is 6.74.